The largest absolute Gasteiger partial charge is 0.388 e. The molecule has 0 amide bonds. The fourth-order valence-corrected chi connectivity index (χ4v) is 1.43. The van der Waals surface area contributed by atoms with Crippen molar-refractivity contribution >= 4 is 18.6 Å². The van der Waals surface area contributed by atoms with Crippen LogP contribution in [0.2, 0.25) is 0 Å². The first-order valence-corrected chi connectivity index (χ1v) is 4.99. The van der Waals surface area contributed by atoms with Crippen LogP contribution in [0.4, 0.5) is 5.69 Å². The van der Waals surface area contributed by atoms with Gasteiger partial charge >= 0.3 is 7.60 Å². The second kappa shape index (κ2) is 3.27. The Morgan fingerprint density at radius 2 is 2.08 bits per heavy atom. The highest BCUT2D eigenvalue weighted by Crippen LogP contribution is 2.33. The molecule has 4 nitrogen and oxygen atoms in total. The lowest BCUT2D eigenvalue weighted by molar-refractivity contribution is 0.387. The number of hydrogen-bond acceptors (Lipinski definition) is 2. The topological polar surface area (TPSA) is 69.6 Å². The molecule has 1 aromatic rings. The van der Waals surface area contributed by atoms with Crippen molar-refractivity contribution in [2.75, 3.05) is 12.4 Å². The zero-order valence-electron chi connectivity index (χ0n) is 6.56. The van der Waals surface area contributed by atoms with E-state index in [4.69, 9.17) is 9.79 Å². The Morgan fingerprint density at radius 1 is 1.42 bits per heavy atom. The molecule has 0 bridgehead atoms. The Kier molecular flexibility index (Phi) is 2.52. The molecule has 5 heteroatoms. The second-order valence-corrected chi connectivity index (χ2v) is 3.95. The first-order valence-electron chi connectivity index (χ1n) is 3.38. The van der Waals surface area contributed by atoms with Gasteiger partial charge in [-0.05, 0) is 18.2 Å². The summed E-state index contributed by atoms with van der Waals surface area (Å²) in [5.74, 6) is 0. The molecule has 0 unspecified atom stereocenters. The van der Waals surface area contributed by atoms with Crippen LogP contribution < -0.4 is 10.6 Å². The highest BCUT2D eigenvalue weighted by Gasteiger charge is 2.16. The van der Waals surface area contributed by atoms with E-state index in [-0.39, 0.29) is 5.30 Å². The zero-order chi connectivity index (χ0) is 9.19. The van der Waals surface area contributed by atoms with Gasteiger partial charge in [0.15, 0.2) is 0 Å². The molecule has 0 atom stereocenters. The molecule has 0 aromatic heterocycles. The predicted octanol–water partition coefficient (Wildman–Crippen LogP) is 0.531. The van der Waals surface area contributed by atoms with Crippen molar-refractivity contribution < 1.29 is 14.4 Å². The van der Waals surface area contributed by atoms with Gasteiger partial charge in [0.25, 0.3) is 0 Å². The van der Waals surface area contributed by atoms with Crippen LogP contribution in [0.15, 0.2) is 24.3 Å². The number of nitrogens with one attached hydrogen (secondary N) is 1. The number of hydrogen-bond donors (Lipinski definition) is 3. The van der Waals surface area contributed by atoms with Crippen LogP contribution in [-0.4, -0.2) is 16.8 Å². The molecule has 0 spiro atoms. The lowest BCUT2D eigenvalue weighted by Gasteiger charge is -2.05. The van der Waals surface area contributed by atoms with Crippen molar-refractivity contribution in [2.45, 2.75) is 0 Å². The summed E-state index contributed by atoms with van der Waals surface area (Å²) in [5.41, 5.74) is 0.691. The van der Waals surface area contributed by atoms with Crippen LogP contribution in [0.25, 0.3) is 0 Å². The van der Waals surface area contributed by atoms with Gasteiger partial charge in [-0.2, -0.15) is 0 Å². The Balaban J connectivity index is 3.11. The first-order chi connectivity index (χ1) is 5.54. The molecule has 66 valence electrons. The number of anilines is 1. The predicted molar refractivity (Wildman–Crippen MR) is 47.7 cm³/mol. The van der Waals surface area contributed by atoms with Gasteiger partial charge in [0.2, 0.25) is 0 Å². The minimum atomic E-state index is -4.10. The fourth-order valence-electron chi connectivity index (χ4n) is 0.843. The van der Waals surface area contributed by atoms with Gasteiger partial charge in [-0.3, -0.25) is 4.57 Å². The van der Waals surface area contributed by atoms with E-state index in [1.54, 1.807) is 19.2 Å². The van der Waals surface area contributed by atoms with Gasteiger partial charge in [0.1, 0.15) is 0 Å². The molecular weight excluding hydrogens is 177 g/mol. The lowest BCUT2D eigenvalue weighted by Crippen LogP contribution is -2.04. The SMILES string of the molecule is CNc1cccc(P(=O)(O)O)c1. The van der Waals surface area contributed by atoms with E-state index in [1.165, 1.54) is 12.1 Å². The molecule has 0 aliphatic carbocycles. The van der Waals surface area contributed by atoms with E-state index in [2.05, 4.69) is 5.32 Å². The first kappa shape index (κ1) is 9.26. The number of benzene rings is 1. The zero-order valence-corrected chi connectivity index (χ0v) is 7.45. The van der Waals surface area contributed by atoms with Crippen LogP contribution in [0.5, 0.6) is 0 Å². The molecule has 3 N–H and O–H groups in total. The normalized spacial score (nSPS) is 11.2. The summed E-state index contributed by atoms with van der Waals surface area (Å²) >= 11 is 0. The molecule has 0 heterocycles. The summed E-state index contributed by atoms with van der Waals surface area (Å²) in [6.07, 6.45) is 0. The van der Waals surface area contributed by atoms with Gasteiger partial charge in [0.05, 0.1) is 5.30 Å². The van der Waals surface area contributed by atoms with Crippen LogP contribution in [0.3, 0.4) is 0 Å². The summed E-state index contributed by atoms with van der Waals surface area (Å²) in [6, 6.07) is 6.17. The molecule has 12 heavy (non-hydrogen) atoms. The van der Waals surface area contributed by atoms with Gasteiger partial charge in [-0.25, -0.2) is 0 Å². The van der Waals surface area contributed by atoms with Crippen LogP contribution in [0, 0.1) is 0 Å². The standard InChI is InChI=1S/C7H10NO3P/c1-8-6-3-2-4-7(5-6)12(9,10)11/h2-5,8H,1H3,(H2,9,10,11). The van der Waals surface area contributed by atoms with Crippen LogP contribution in [0.1, 0.15) is 0 Å². The van der Waals surface area contributed by atoms with Crippen molar-refractivity contribution in [2.24, 2.45) is 0 Å². The minimum absolute atomic E-state index is 0.0364. The van der Waals surface area contributed by atoms with Crippen LogP contribution >= 0.6 is 7.60 Å². The third-order valence-corrected chi connectivity index (χ3v) is 2.42. The van der Waals surface area contributed by atoms with Gasteiger partial charge in [0, 0.05) is 12.7 Å². The van der Waals surface area contributed by atoms with Gasteiger partial charge < -0.3 is 15.1 Å². The monoisotopic (exact) mass is 187 g/mol. The van der Waals surface area contributed by atoms with E-state index >= 15 is 0 Å². The van der Waals surface area contributed by atoms with Crippen molar-refractivity contribution in [3.05, 3.63) is 24.3 Å². The quantitative estimate of drug-likeness (QED) is 0.591. The Morgan fingerprint density at radius 3 is 2.58 bits per heavy atom. The lowest BCUT2D eigenvalue weighted by atomic mass is 10.3. The third-order valence-electron chi connectivity index (χ3n) is 1.47. The summed E-state index contributed by atoms with van der Waals surface area (Å²) in [4.78, 5) is 17.6. The van der Waals surface area contributed by atoms with E-state index < -0.39 is 7.60 Å². The molecule has 0 aliphatic heterocycles. The van der Waals surface area contributed by atoms with Crippen molar-refractivity contribution in [3.8, 4) is 0 Å². The van der Waals surface area contributed by atoms with Gasteiger partial charge in [-0.15, -0.1) is 0 Å². The molecule has 0 aliphatic rings. The molecule has 0 fully saturated rings. The summed E-state index contributed by atoms with van der Waals surface area (Å²) in [5, 5.41) is 2.83. The van der Waals surface area contributed by atoms with Crippen molar-refractivity contribution in [1.82, 2.24) is 0 Å². The van der Waals surface area contributed by atoms with E-state index in [9.17, 15) is 4.57 Å². The maximum Gasteiger partial charge on any atom is 0.356 e. The molecule has 1 aromatic carbocycles. The Bertz CT molecular complexity index is 320. The van der Waals surface area contributed by atoms with E-state index in [1.807, 2.05) is 0 Å². The average Bonchev–Trinajstić information content (AvgIpc) is 2.03. The highest BCUT2D eigenvalue weighted by molar-refractivity contribution is 7.60. The fraction of sp³-hybridized carbons (Fsp3) is 0.143. The molecular formula is C7H10NO3P. The second-order valence-electron chi connectivity index (χ2n) is 2.34. The average molecular weight is 187 g/mol. The smallest absolute Gasteiger partial charge is 0.356 e. The Labute approximate surface area is 70.4 Å². The third kappa shape index (κ3) is 2.08. The minimum Gasteiger partial charge on any atom is -0.388 e. The molecule has 1 rings (SSSR count). The molecule has 0 saturated heterocycles. The number of rotatable bonds is 2. The summed E-state index contributed by atoms with van der Waals surface area (Å²) < 4.78 is 10.8. The maximum absolute atomic E-state index is 10.8. The van der Waals surface area contributed by atoms with E-state index in [0.717, 1.165) is 0 Å². The molecule has 0 saturated carbocycles. The van der Waals surface area contributed by atoms with Crippen molar-refractivity contribution in [3.63, 3.8) is 0 Å². The van der Waals surface area contributed by atoms with E-state index in [0.29, 0.717) is 5.69 Å². The maximum atomic E-state index is 10.8. The summed E-state index contributed by atoms with van der Waals surface area (Å²) in [7, 11) is -2.40. The highest BCUT2D eigenvalue weighted by atomic mass is 31.2. The molecule has 0 radical (unpaired) electrons. The van der Waals surface area contributed by atoms with Gasteiger partial charge in [-0.1, -0.05) is 6.07 Å². The van der Waals surface area contributed by atoms with Crippen LogP contribution in [-0.2, 0) is 4.57 Å². The Hall–Kier alpha value is -0.830. The van der Waals surface area contributed by atoms with Crippen molar-refractivity contribution in [1.29, 1.82) is 0 Å². The summed E-state index contributed by atoms with van der Waals surface area (Å²) in [6.45, 7) is 0.